The van der Waals surface area contributed by atoms with Crippen molar-refractivity contribution in [3.05, 3.63) is 52.6 Å². The first-order valence-electron chi connectivity index (χ1n) is 6.51. The zero-order valence-electron chi connectivity index (χ0n) is 11.5. The normalized spacial score (nSPS) is 10.2. The molecule has 4 nitrogen and oxygen atoms in total. The number of aromatic nitrogens is 1. The van der Waals surface area contributed by atoms with Gasteiger partial charge in [-0.1, -0.05) is 37.6 Å². The predicted octanol–water partition coefficient (Wildman–Crippen LogP) is 4.19. The van der Waals surface area contributed by atoms with E-state index in [4.69, 9.17) is 6.57 Å². The van der Waals surface area contributed by atoms with E-state index in [-0.39, 0.29) is 0 Å². The lowest BCUT2D eigenvalue weighted by Gasteiger charge is -2.04. The minimum absolute atomic E-state index is 0.347. The van der Waals surface area contributed by atoms with Crippen molar-refractivity contribution in [2.75, 3.05) is 0 Å². The summed E-state index contributed by atoms with van der Waals surface area (Å²) in [6.07, 6.45) is 1.60. The second-order valence-corrected chi connectivity index (χ2v) is 4.69. The molecule has 0 aliphatic carbocycles. The highest BCUT2D eigenvalue weighted by atomic mass is 16.4. The standard InChI is InChI=1S/C16H16N2O2/c1-4-5-13-15(16(19)20)14(10(2)18-13)11-6-8-12(17-3)9-7-11/h6-9,18H,4-5H2,1-2H3,(H,19,20). The van der Waals surface area contributed by atoms with Crippen molar-refractivity contribution in [2.45, 2.75) is 26.7 Å². The number of carbonyl (C=O) groups is 1. The maximum Gasteiger partial charge on any atom is 0.338 e. The number of hydrogen-bond acceptors (Lipinski definition) is 1. The van der Waals surface area contributed by atoms with Crippen LogP contribution in [0.2, 0.25) is 0 Å². The molecule has 4 heteroatoms. The Hall–Kier alpha value is -2.54. The summed E-state index contributed by atoms with van der Waals surface area (Å²) in [5.74, 6) is -0.915. The monoisotopic (exact) mass is 268 g/mol. The van der Waals surface area contributed by atoms with Gasteiger partial charge in [0, 0.05) is 17.0 Å². The van der Waals surface area contributed by atoms with Crippen LogP contribution in [0, 0.1) is 13.5 Å². The van der Waals surface area contributed by atoms with E-state index in [9.17, 15) is 9.90 Å². The molecule has 0 radical (unpaired) electrons. The van der Waals surface area contributed by atoms with E-state index < -0.39 is 5.97 Å². The van der Waals surface area contributed by atoms with E-state index in [2.05, 4.69) is 9.83 Å². The van der Waals surface area contributed by atoms with Gasteiger partial charge < -0.3 is 10.1 Å². The van der Waals surface area contributed by atoms with Gasteiger partial charge in [-0.3, -0.25) is 0 Å². The van der Waals surface area contributed by atoms with Crippen LogP contribution in [0.25, 0.3) is 16.0 Å². The van der Waals surface area contributed by atoms with Gasteiger partial charge in [-0.15, -0.1) is 0 Å². The molecule has 0 atom stereocenters. The van der Waals surface area contributed by atoms with Crippen LogP contribution in [0.5, 0.6) is 0 Å². The van der Waals surface area contributed by atoms with Gasteiger partial charge in [0.2, 0.25) is 0 Å². The van der Waals surface area contributed by atoms with E-state index in [1.807, 2.05) is 13.8 Å². The number of aryl methyl sites for hydroxylation is 2. The first-order valence-corrected chi connectivity index (χ1v) is 6.51. The molecule has 0 saturated heterocycles. The number of aromatic amines is 1. The Morgan fingerprint density at radius 1 is 1.35 bits per heavy atom. The molecular weight excluding hydrogens is 252 g/mol. The van der Waals surface area contributed by atoms with E-state index >= 15 is 0 Å². The maximum absolute atomic E-state index is 11.6. The number of rotatable bonds is 4. The van der Waals surface area contributed by atoms with Crippen LogP contribution in [-0.4, -0.2) is 16.1 Å². The maximum atomic E-state index is 11.6. The van der Waals surface area contributed by atoms with Crippen LogP contribution in [0.3, 0.4) is 0 Å². The van der Waals surface area contributed by atoms with Crippen molar-refractivity contribution in [3.63, 3.8) is 0 Å². The lowest BCUT2D eigenvalue weighted by molar-refractivity contribution is 0.0696. The molecule has 0 aliphatic rings. The number of nitrogens with one attached hydrogen (secondary N) is 1. The molecule has 2 aromatic rings. The summed E-state index contributed by atoms with van der Waals surface area (Å²) in [5, 5.41) is 9.48. The lowest BCUT2D eigenvalue weighted by Crippen LogP contribution is -2.01. The highest BCUT2D eigenvalue weighted by Crippen LogP contribution is 2.32. The van der Waals surface area contributed by atoms with Crippen LogP contribution in [-0.2, 0) is 6.42 Å². The number of aromatic carboxylic acids is 1. The molecule has 1 aromatic carbocycles. The van der Waals surface area contributed by atoms with E-state index in [0.29, 0.717) is 17.7 Å². The van der Waals surface area contributed by atoms with Crippen molar-refractivity contribution in [1.82, 2.24) is 4.98 Å². The molecule has 0 fully saturated rings. The Morgan fingerprint density at radius 2 is 2.00 bits per heavy atom. The molecule has 0 bridgehead atoms. The first kappa shape index (κ1) is 13.9. The molecule has 0 spiro atoms. The van der Waals surface area contributed by atoms with E-state index in [0.717, 1.165) is 28.9 Å². The quantitative estimate of drug-likeness (QED) is 0.817. The smallest absolute Gasteiger partial charge is 0.338 e. The molecule has 2 rings (SSSR count). The number of benzene rings is 1. The zero-order valence-corrected chi connectivity index (χ0v) is 11.5. The number of carboxylic acids is 1. The molecule has 0 unspecified atom stereocenters. The fourth-order valence-corrected chi connectivity index (χ4v) is 2.43. The zero-order chi connectivity index (χ0) is 14.7. The Labute approximate surface area is 117 Å². The highest BCUT2D eigenvalue weighted by Gasteiger charge is 2.21. The Kier molecular flexibility index (Phi) is 3.90. The summed E-state index contributed by atoms with van der Waals surface area (Å²) < 4.78 is 0. The third kappa shape index (κ3) is 2.43. The molecule has 2 N–H and O–H groups in total. The molecule has 0 amide bonds. The largest absolute Gasteiger partial charge is 0.478 e. The van der Waals surface area contributed by atoms with E-state index in [1.165, 1.54) is 0 Å². The molecule has 0 aliphatic heterocycles. The van der Waals surface area contributed by atoms with Crippen LogP contribution >= 0.6 is 0 Å². The summed E-state index contributed by atoms with van der Waals surface area (Å²) in [7, 11) is 0. The van der Waals surface area contributed by atoms with Gasteiger partial charge in [-0.25, -0.2) is 9.64 Å². The van der Waals surface area contributed by atoms with Gasteiger partial charge in [0.15, 0.2) is 5.69 Å². The minimum atomic E-state index is -0.915. The third-order valence-electron chi connectivity index (χ3n) is 3.26. The summed E-state index contributed by atoms with van der Waals surface area (Å²) in [4.78, 5) is 18.1. The fraction of sp³-hybridized carbons (Fsp3) is 0.250. The van der Waals surface area contributed by atoms with Crippen molar-refractivity contribution >= 4 is 11.7 Å². The molecule has 1 aromatic heterocycles. The van der Waals surface area contributed by atoms with Gasteiger partial charge >= 0.3 is 5.97 Å². The summed E-state index contributed by atoms with van der Waals surface area (Å²) in [5.41, 5.74) is 4.05. The average molecular weight is 268 g/mol. The van der Waals surface area contributed by atoms with Gasteiger partial charge in [0.05, 0.1) is 12.1 Å². The third-order valence-corrected chi connectivity index (χ3v) is 3.26. The van der Waals surface area contributed by atoms with Gasteiger partial charge in [0.1, 0.15) is 0 Å². The number of nitrogens with zero attached hydrogens (tertiary/aromatic N) is 1. The Bertz CT molecular complexity index is 676. The van der Waals surface area contributed by atoms with Crippen LogP contribution in [0.1, 0.15) is 35.1 Å². The van der Waals surface area contributed by atoms with Crippen LogP contribution in [0.15, 0.2) is 24.3 Å². The van der Waals surface area contributed by atoms with Crippen LogP contribution in [0.4, 0.5) is 5.69 Å². The summed E-state index contributed by atoms with van der Waals surface area (Å²) in [6, 6.07) is 7.01. The van der Waals surface area contributed by atoms with Gasteiger partial charge in [-0.05, 0) is 18.9 Å². The number of H-pyrrole nitrogens is 1. The second-order valence-electron chi connectivity index (χ2n) is 4.69. The number of hydrogen-bond donors (Lipinski definition) is 2. The van der Waals surface area contributed by atoms with Crippen molar-refractivity contribution in [3.8, 4) is 11.1 Å². The fourth-order valence-electron chi connectivity index (χ4n) is 2.43. The Balaban J connectivity index is 2.60. The summed E-state index contributed by atoms with van der Waals surface area (Å²) >= 11 is 0. The van der Waals surface area contributed by atoms with Crippen molar-refractivity contribution in [2.24, 2.45) is 0 Å². The highest BCUT2D eigenvalue weighted by molar-refractivity contribution is 5.98. The lowest BCUT2D eigenvalue weighted by atomic mass is 9.99. The molecular formula is C16H16N2O2. The SMILES string of the molecule is [C-]#[N+]c1ccc(-c2c(C)[nH]c(CCC)c2C(=O)O)cc1. The van der Waals surface area contributed by atoms with Crippen LogP contribution < -0.4 is 0 Å². The summed E-state index contributed by atoms with van der Waals surface area (Å²) in [6.45, 7) is 10.9. The van der Waals surface area contributed by atoms with Gasteiger partial charge in [0.25, 0.3) is 0 Å². The topological polar surface area (TPSA) is 57.5 Å². The predicted molar refractivity (Wildman–Crippen MR) is 78.2 cm³/mol. The average Bonchev–Trinajstić information content (AvgIpc) is 2.76. The van der Waals surface area contributed by atoms with E-state index in [1.54, 1.807) is 24.3 Å². The molecule has 20 heavy (non-hydrogen) atoms. The van der Waals surface area contributed by atoms with Gasteiger partial charge in [-0.2, -0.15) is 0 Å². The minimum Gasteiger partial charge on any atom is -0.478 e. The van der Waals surface area contributed by atoms with Crippen molar-refractivity contribution < 1.29 is 9.90 Å². The van der Waals surface area contributed by atoms with Crippen molar-refractivity contribution in [1.29, 1.82) is 0 Å². The molecule has 1 heterocycles. The molecule has 102 valence electrons. The molecule has 0 saturated carbocycles. The Morgan fingerprint density at radius 3 is 2.50 bits per heavy atom. The number of carboxylic acid groups (broad SMARTS) is 1. The second kappa shape index (κ2) is 5.62. The first-order chi connectivity index (χ1) is 9.58.